The second-order valence-corrected chi connectivity index (χ2v) is 6.26. The number of nitrogens with zero attached hydrogens (tertiary/aromatic N) is 1. The van der Waals surface area contributed by atoms with Crippen molar-refractivity contribution in [3.8, 4) is 11.5 Å². The molecule has 3 heteroatoms. The summed E-state index contributed by atoms with van der Waals surface area (Å²) < 4.78 is 6.16. The van der Waals surface area contributed by atoms with E-state index in [-0.39, 0.29) is 0 Å². The second kappa shape index (κ2) is 5.08. The van der Waals surface area contributed by atoms with Crippen molar-refractivity contribution in [1.29, 1.82) is 0 Å². The number of rotatable bonds is 1. The number of fused-ring (bicyclic) bond motifs is 5. The fourth-order valence-electron chi connectivity index (χ4n) is 3.19. The third-order valence-corrected chi connectivity index (χ3v) is 4.61. The number of benzene rings is 4. The van der Waals surface area contributed by atoms with E-state index in [4.69, 9.17) is 16.0 Å². The lowest BCUT2D eigenvalue weighted by Crippen LogP contribution is -1.78. The van der Waals surface area contributed by atoms with Gasteiger partial charge in [-0.05, 0) is 46.5 Å². The highest BCUT2D eigenvalue weighted by atomic mass is 35.5. The normalized spacial score (nSPS) is 11.5. The van der Waals surface area contributed by atoms with Gasteiger partial charge in [-0.3, -0.25) is 0 Å². The highest BCUT2D eigenvalue weighted by Crippen LogP contribution is 2.34. The Morgan fingerprint density at radius 3 is 2.38 bits per heavy atom. The molecule has 0 bridgehead atoms. The summed E-state index contributed by atoms with van der Waals surface area (Å²) in [6.45, 7) is 0. The van der Waals surface area contributed by atoms with Crippen LogP contribution >= 0.6 is 11.6 Å². The molecule has 0 spiro atoms. The summed E-state index contributed by atoms with van der Waals surface area (Å²) in [5, 5.41) is 5.34. The number of hydrogen-bond donors (Lipinski definition) is 0. The molecule has 0 saturated heterocycles. The lowest BCUT2D eigenvalue weighted by atomic mass is 10.0. The highest BCUT2D eigenvalue weighted by molar-refractivity contribution is 6.30. The molecule has 0 N–H and O–H groups in total. The van der Waals surface area contributed by atoms with E-state index in [9.17, 15) is 0 Å². The van der Waals surface area contributed by atoms with Crippen LogP contribution in [0, 0.1) is 0 Å². The average Bonchev–Trinajstić information content (AvgIpc) is 3.06. The SMILES string of the molecule is Clc1ccc(-c2nc3ccc4ccc5ccccc5c4c3o2)cc1. The molecule has 24 heavy (non-hydrogen) atoms. The fraction of sp³-hybridized carbons (Fsp3) is 0. The molecule has 0 amide bonds. The molecule has 1 heterocycles. The van der Waals surface area contributed by atoms with E-state index in [2.05, 4.69) is 41.4 Å². The van der Waals surface area contributed by atoms with Gasteiger partial charge < -0.3 is 4.42 Å². The van der Waals surface area contributed by atoms with Crippen LogP contribution in [0.3, 0.4) is 0 Å². The molecular weight excluding hydrogens is 318 g/mol. The maximum atomic E-state index is 6.16. The first kappa shape index (κ1) is 13.6. The largest absolute Gasteiger partial charge is 0.435 e. The molecule has 0 radical (unpaired) electrons. The molecule has 5 rings (SSSR count). The predicted octanol–water partition coefficient (Wildman–Crippen LogP) is 6.45. The smallest absolute Gasteiger partial charge is 0.227 e. The van der Waals surface area contributed by atoms with Gasteiger partial charge in [-0.2, -0.15) is 0 Å². The van der Waals surface area contributed by atoms with Crippen molar-refractivity contribution in [3.05, 3.63) is 77.8 Å². The van der Waals surface area contributed by atoms with Crippen LogP contribution in [0.1, 0.15) is 0 Å². The first-order valence-corrected chi connectivity index (χ1v) is 8.14. The quantitative estimate of drug-likeness (QED) is 0.330. The molecule has 0 atom stereocenters. The zero-order valence-electron chi connectivity index (χ0n) is 12.7. The van der Waals surface area contributed by atoms with Gasteiger partial charge in [0, 0.05) is 16.0 Å². The van der Waals surface area contributed by atoms with E-state index < -0.39 is 0 Å². The van der Waals surface area contributed by atoms with Crippen LogP contribution in [0.15, 0.2) is 77.2 Å². The topological polar surface area (TPSA) is 26.0 Å². The van der Waals surface area contributed by atoms with E-state index >= 15 is 0 Å². The molecule has 1 aromatic heterocycles. The van der Waals surface area contributed by atoms with E-state index in [1.165, 1.54) is 10.8 Å². The molecule has 0 aliphatic carbocycles. The Morgan fingerprint density at radius 1 is 0.750 bits per heavy atom. The Morgan fingerprint density at radius 2 is 1.50 bits per heavy atom. The fourth-order valence-corrected chi connectivity index (χ4v) is 3.32. The van der Waals surface area contributed by atoms with Crippen molar-refractivity contribution in [1.82, 2.24) is 4.98 Å². The molecule has 114 valence electrons. The van der Waals surface area contributed by atoms with Gasteiger partial charge in [-0.15, -0.1) is 0 Å². The van der Waals surface area contributed by atoms with E-state index in [0.29, 0.717) is 10.9 Å². The minimum absolute atomic E-state index is 0.613. The maximum Gasteiger partial charge on any atom is 0.227 e. The number of aromatic nitrogens is 1. The Kier molecular flexibility index (Phi) is 2.88. The van der Waals surface area contributed by atoms with Crippen molar-refractivity contribution in [2.75, 3.05) is 0 Å². The monoisotopic (exact) mass is 329 g/mol. The van der Waals surface area contributed by atoms with Gasteiger partial charge in [0.2, 0.25) is 5.89 Å². The van der Waals surface area contributed by atoms with Gasteiger partial charge in [0.25, 0.3) is 0 Å². The molecule has 0 unspecified atom stereocenters. The van der Waals surface area contributed by atoms with Crippen molar-refractivity contribution < 1.29 is 4.42 Å². The van der Waals surface area contributed by atoms with E-state index in [1.54, 1.807) is 0 Å². The standard InChI is InChI=1S/C21H12ClNO/c22-16-10-7-15(8-11-16)21-23-18-12-9-14-6-5-13-3-1-2-4-17(13)19(14)20(18)24-21/h1-12H. The van der Waals surface area contributed by atoms with Gasteiger partial charge in [0.05, 0.1) is 0 Å². The van der Waals surface area contributed by atoms with Gasteiger partial charge >= 0.3 is 0 Å². The lowest BCUT2D eigenvalue weighted by Gasteiger charge is -2.03. The van der Waals surface area contributed by atoms with Crippen molar-refractivity contribution in [2.24, 2.45) is 0 Å². The molecule has 0 fully saturated rings. The van der Waals surface area contributed by atoms with Crippen LogP contribution in [0.5, 0.6) is 0 Å². The van der Waals surface area contributed by atoms with Gasteiger partial charge in [0.1, 0.15) is 5.52 Å². The van der Waals surface area contributed by atoms with Crippen LogP contribution in [0.4, 0.5) is 0 Å². The number of hydrogen-bond acceptors (Lipinski definition) is 2. The molecule has 4 aromatic carbocycles. The summed E-state index contributed by atoms with van der Waals surface area (Å²) in [4.78, 5) is 4.66. The summed E-state index contributed by atoms with van der Waals surface area (Å²) in [5.74, 6) is 0.613. The minimum atomic E-state index is 0.613. The Hall–Kier alpha value is -2.84. The van der Waals surface area contributed by atoms with Crippen LogP contribution in [-0.2, 0) is 0 Å². The Balaban J connectivity index is 1.87. The van der Waals surface area contributed by atoms with Gasteiger partial charge in [-0.1, -0.05) is 54.1 Å². The molecule has 0 saturated carbocycles. The van der Waals surface area contributed by atoms with Crippen LogP contribution in [0.25, 0.3) is 44.1 Å². The summed E-state index contributed by atoms with van der Waals surface area (Å²) >= 11 is 5.97. The zero-order valence-corrected chi connectivity index (χ0v) is 13.4. The molecule has 5 aromatic rings. The van der Waals surface area contributed by atoms with E-state index in [0.717, 1.165) is 27.4 Å². The minimum Gasteiger partial charge on any atom is -0.435 e. The van der Waals surface area contributed by atoms with Crippen molar-refractivity contribution in [2.45, 2.75) is 0 Å². The molecule has 2 nitrogen and oxygen atoms in total. The molecule has 0 aliphatic heterocycles. The molecular formula is C21H12ClNO. The Labute approximate surface area is 143 Å². The zero-order chi connectivity index (χ0) is 16.1. The second-order valence-electron chi connectivity index (χ2n) is 5.82. The van der Waals surface area contributed by atoms with Gasteiger partial charge in [0.15, 0.2) is 5.58 Å². The molecule has 0 aliphatic rings. The van der Waals surface area contributed by atoms with Crippen LogP contribution in [0.2, 0.25) is 5.02 Å². The van der Waals surface area contributed by atoms with Crippen LogP contribution < -0.4 is 0 Å². The lowest BCUT2D eigenvalue weighted by molar-refractivity contribution is 0.623. The van der Waals surface area contributed by atoms with Gasteiger partial charge in [-0.25, -0.2) is 4.98 Å². The highest BCUT2D eigenvalue weighted by Gasteiger charge is 2.13. The number of halogens is 1. The first-order valence-electron chi connectivity index (χ1n) is 7.76. The maximum absolute atomic E-state index is 6.16. The summed E-state index contributed by atoms with van der Waals surface area (Å²) in [6.07, 6.45) is 0. The first-order chi connectivity index (χ1) is 11.8. The van der Waals surface area contributed by atoms with Crippen molar-refractivity contribution >= 4 is 44.2 Å². The van der Waals surface area contributed by atoms with Crippen LogP contribution in [-0.4, -0.2) is 4.98 Å². The average molecular weight is 330 g/mol. The predicted molar refractivity (Wildman–Crippen MR) is 99.5 cm³/mol. The third kappa shape index (κ3) is 2.00. The Bertz CT molecular complexity index is 1210. The van der Waals surface area contributed by atoms with E-state index in [1.807, 2.05) is 36.4 Å². The third-order valence-electron chi connectivity index (χ3n) is 4.35. The van der Waals surface area contributed by atoms with Crippen molar-refractivity contribution in [3.63, 3.8) is 0 Å². The summed E-state index contributed by atoms with van der Waals surface area (Å²) in [5.41, 5.74) is 2.61. The number of oxazole rings is 1. The summed E-state index contributed by atoms with van der Waals surface area (Å²) in [7, 11) is 0. The summed E-state index contributed by atoms with van der Waals surface area (Å²) in [6, 6.07) is 24.3.